The molecule has 0 unspecified atom stereocenters. The van der Waals surface area contributed by atoms with Crippen molar-refractivity contribution in [2.45, 2.75) is 33.4 Å². The van der Waals surface area contributed by atoms with Crippen molar-refractivity contribution in [1.82, 2.24) is 15.1 Å². The van der Waals surface area contributed by atoms with Gasteiger partial charge >= 0.3 is 0 Å². The molecule has 1 heterocycles. The van der Waals surface area contributed by atoms with Crippen molar-refractivity contribution in [3.05, 3.63) is 47.3 Å². The van der Waals surface area contributed by atoms with E-state index >= 15 is 0 Å². The van der Waals surface area contributed by atoms with Crippen LogP contribution in [0.5, 0.6) is 5.75 Å². The molecule has 1 amide bonds. The first-order valence-electron chi connectivity index (χ1n) is 7.63. The normalized spacial score (nSPS) is 13.9. The quantitative estimate of drug-likeness (QED) is 0.892. The monoisotopic (exact) mass is 299 g/mol. The summed E-state index contributed by atoms with van der Waals surface area (Å²) in [5.74, 6) is 1.36. The summed E-state index contributed by atoms with van der Waals surface area (Å²) in [4.78, 5) is 11.9. The van der Waals surface area contributed by atoms with Gasteiger partial charge in [0, 0.05) is 12.7 Å². The first-order chi connectivity index (χ1) is 10.6. The van der Waals surface area contributed by atoms with E-state index < -0.39 is 0 Å². The van der Waals surface area contributed by atoms with E-state index in [9.17, 15) is 4.79 Å². The maximum Gasteiger partial charge on any atom is 0.271 e. The number of ether oxygens (including phenoxy) is 1. The van der Waals surface area contributed by atoms with E-state index in [0.717, 1.165) is 23.4 Å². The fourth-order valence-corrected chi connectivity index (χ4v) is 2.36. The Balaban J connectivity index is 1.55. The molecule has 0 atom stereocenters. The third-order valence-corrected chi connectivity index (χ3v) is 3.68. The van der Waals surface area contributed by atoms with Gasteiger partial charge in [-0.25, -0.2) is 4.68 Å². The summed E-state index contributed by atoms with van der Waals surface area (Å²) in [5.41, 5.74) is 2.76. The van der Waals surface area contributed by atoms with Gasteiger partial charge in [-0.1, -0.05) is 6.07 Å². The standard InChI is InChI=1S/C17H21N3O2/c1-12-7-13(2)9-15(8-12)22-11-20-6-5-16(19-20)17(21)18-10-14-3-4-14/h5-9,14H,3-4,10-11H2,1-2H3,(H,18,21). The summed E-state index contributed by atoms with van der Waals surface area (Å²) in [5, 5.41) is 7.16. The summed E-state index contributed by atoms with van der Waals surface area (Å²) in [7, 11) is 0. The highest BCUT2D eigenvalue weighted by Gasteiger charge is 2.22. The molecule has 0 aliphatic heterocycles. The molecule has 22 heavy (non-hydrogen) atoms. The molecular formula is C17H21N3O2. The van der Waals surface area contributed by atoms with Crippen LogP contribution in [-0.4, -0.2) is 22.2 Å². The van der Waals surface area contributed by atoms with E-state index in [1.54, 1.807) is 16.9 Å². The topological polar surface area (TPSA) is 56.1 Å². The predicted molar refractivity (Wildman–Crippen MR) is 83.8 cm³/mol. The molecule has 1 aliphatic rings. The summed E-state index contributed by atoms with van der Waals surface area (Å²) < 4.78 is 7.35. The molecule has 1 aromatic heterocycles. The SMILES string of the molecule is Cc1cc(C)cc(OCn2ccc(C(=O)NCC3CC3)n2)c1. The highest BCUT2D eigenvalue weighted by atomic mass is 16.5. The van der Waals surface area contributed by atoms with E-state index in [2.05, 4.69) is 16.5 Å². The van der Waals surface area contributed by atoms with Crippen LogP contribution >= 0.6 is 0 Å². The van der Waals surface area contributed by atoms with Gasteiger partial charge in [0.15, 0.2) is 6.73 Å². The van der Waals surface area contributed by atoms with Crippen molar-refractivity contribution < 1.29 is 9.53 Å². The number of carbonyl (C=O) groups excluding carboxylic acids is 1. The molecule has 0 spiro atoms. The second-order valence-electron chi connectivity index (χ2n) is 5.99. The molecule has 1 aromatic carbocycles. The lowest BCUT2D eigenvalue weighted by Gasteiger charge is -2.08. The van der Waals surface area contributed by atoms with Gasteiger partial charge in [0.05, 0.1) is 0 Å². The Morgan fingerprint density at radius 1 is 1.32 bits per heavy atom. The largest absolute Gasteiger partial charge is 0.471 e. The number of benzene rings is 1. The molecule has 3 rings (SSSR count). The van der Waals surface area contributed by atoms with Crippen LogP contribution < -0.4 is 10.1 Å². The second kappa shape index (κ2) is 6.22. The first-order valence-corrected chi connectivity index (χ1v) is 7.63. The van der Waals surface area contributed by atoms with Crippen molar-refractivity contribution in [2.75, 3.05) is 6.54 Å². The summed E-state index contributed by atoms with van der Waals surface area (Å²) in [6, 6.07) is 7.79. The minimum absolute atomic E-state index is 0.114. The van der Waals surface area contributed by atoms with Crippen molar-refractivity contribution in [3.63, 3.8) is 0 Å². The van der Waals surface area contributed by atoms with Crippen LogP contribution in [0.2, 0.25) is 0 Å². The van der Waals surface area contributed by atoms with Gasteiger partial charge in [-0.05, 0) is 61.9 Å². The van der Waals surface area contributed by atoms with Crippen LogP contribution in [0.4, 0.5) is 0 Å². The van der Waals surface area contributed by atoms with Crippen molar-refractivity contribution >= 4 is 5.91 Å². The number of aryl methyl sites for hydroxylation is 2. The van der Waals surface area contributed by atoms with Crippen LogP contribution in [-0.2, 0) is 6.73 Å². The van der Waals surface area contributed by atoms with Gasteiger partial charge in [-0.15, -0.1) is 0 Å². The van der Waals surface area contributed by atoms with Crippen LogP contribution in [0.1, 0.15) is 34.5 Å². The Labute approximate surface area is 130 Å². The van der Waals surface area contributed by atoms with Crippen molar-refractivity contribution in [3.8, 4) is 5.75 Å². The van der Waals surface area contributed by atoms with Gasteiger partial charge < -0.3 is 10.1 Å². The summed E-state index contributed by atoms with van der Waals surface area (Å²) in [6.45, 7) is 5.12. The number of carbonyl (C=O) groups is 1. The lowest BCUT2D eigenvalue weighted by Crippen LogP contribution is -2.26. The fraction of sp³-hybridized carbons (Fsp3) is 0.412. The van der Waals surface area contributed by atoms with Gasteiger partial charge in [0.25, 0.3) is 5.91 Å². The lowest BCUT2D eigenvalue weighted by atomic mass is 10.1. The maximum atomic E-state index is 11.9. The zero-order valence-corrected chi connectivity index (χ0v) is 13.0. The number of rotatable bonds is 6. The van der Waals surface area contributed by atoms with E-state index in [1.165, 1.54) is 12.8 Å². The average Bonchev–Trinajstić information content (AvgIpc) is 3.18. The Morgan fingerprint density at radius 2 is 2.05 bits per heavy atom. The predicted octanol–water partition coefficient (Wildman–Crippen LogP) is 2.68. The third kappa shape index (κ3) is 3.87. The molecule has 1 aliphatic carbocycles. The highest BCUT2D eigenvalue weighted by Crippen LogP contribution is 2.27. The number of amides is 1. The van der Waals surface area contributed by atoms with E-state index in [0.29, 0.717) is 18.3 Å². The van der Waals surface area contributed by atoms with Crippen molar-refractivity contribution in [1.29, 1.82) is 0 Å². The van der Waals surface area contributed by atoms with E-state index in [-0.39, 0.29) is 5.91 Å². The molecule has 0 bridgehead atoms. The summed E-state index contributed by atoms with van der Waals surface area (Å²) in [6.07, 6.45) is 4.20. The molecule has 0 radical (unpaired) electrons. The number of hydrogen-bond acceptors (Lipinski definition) is 3. The number of aromatic nitrogens is 2. The van der Waals surface area contributed by atoms with Gasteiger partial charge in [-0.3, -0.25) is 4.79 Å². The van der Waals surface area contributed by atoms with Gasteiger partial charge in [-0.2, -0.15) is 5.10 Å². The highest BCUT2D eigenvalue weighted by molar-refractivity contribution is 5.92. The Morgan fingerprint density at radius 3 is 2.73 bits per heavy atom. The Bertz CT molecular complexity index is 654. The molecule has 1 saturated carbocycles. The molecule has 1 N–H and O–H groups in total. The zero-order chi connectivity index (χ0) is 15.5. The minimum Gasteiger partial charge on any atom is -0.471 e. The van der Waals surface area contributed by atoms with Gasteiger partial charge in [0.1, 0.15) is 11.4 Å². The smallest absolute Gasteiger partial charge is 0.271 e. The number of nitrogens with one attached hydrogen (secondary N) is 1. The van der Waals surface area contributed by atoms with Crippen LogP contribution in [0.25, 0.3) is 0 Å². The third-order valence-electron chi connectivity index (χ3n) is 3.68. The fourth-order valence-electron chi connectivity index (χ4n) is 2.36. The van der Waals surface area contributed by atoms with Crippen LogP contribution in [0.15, 0.2) is 30.5 Å². The molecule has 0 saturated heterocycles. The molecule has 1 fully saturated rings. The lowest BCUT2D eigenvalue weighted by molar-refractivity contribution is 0.0944. The van der Waals surface area contributed by atoms with Crippen LogP contribution in [0, 0.1) is 19.8 Å². The molecule has 5 heteroatoms. The minimum atomic E-state index is -0.114. The number of nitrogens with zero attached hydrogens (tertiary/aromatic N) is 2. The Kier molecular flexibility index (Phi) is 4.13. The van der Waals surface area contributed by atoms with Crippen molar-refractivity contribution in [2.24, 2.45) is 5.92 Å². The Hall–Kier alpha value is -2.30. The van der Waals surface area contributed by atoms with Crippen LogP contribution in [0.3, 0.4) is 0 Å². The van der Waals surface area contributed by atoms with E-state index in [4.69, 9.17) is 4.74 Å². The van der Waals surface area contributed by atoms with E-state index in [1.807, 2.05) is 26.0 Å². The molecule has 116 valence electrons. The maximum absolute atomic E-state index is 11.9. The first kappa shape index (κ1) is 14.6. The zero-order valence-electron chi connectivity index (χ0n) is 13.0. The molecular weight excluding hydrogens is 278 g/mol. The summed E-state index contributed by atoms with van der Waals surface area (Å²) >= 11 is 0. The average molecular weight is 299 g/mol. The second-order valence-corrected chi connectivity index (χ2v) is 5.99. The number of hydrogen-bond donors (Lipinski definition) is 1. The molecule has 2 aromatic rings. The molecule has 5 nitrogen and oxygen atoms in total. The van der Waals surface area contributed by atoms with Gasteiger partial charge in [0.2, 0.25) is 0 Å².